The summed E-state index contributed by atoms with van der Waals surface area (Å²) < 4.78 is 2.58. The first-order chi connectivity index (χ1) is 11.0. The molecule has 1 aromatic heterocycles. The number of anilines is 2. The van der Waals surface area contributed by atoms with Gasteiger partial charge in [-0.15, -0.1) is 5.10 Å². The molecule has 0 unspecified atom stereocenters. The molecule has 2 aromatic rings. The zero-order valence-corrected chi connectivity index (χ0v) is 15.1. The second-order valence-corrected chi connectivity index (χ2v) is 7.75. The highest BCUT2D eigenvalue weighted by Gasteiger charge is 2.18. The van der Waals surface area contributed by atoms with Crippen molar-refractivity contribution in [2.45, 2.75) is 39.5 Å². The number of nitrogens with zero attached hydrogens (tertiary/aromatic N) is 3. The standard InChI is InChI=1S/C16H22N4OS2/c1-11-5-6-14(12(2)8-11)17-15-18-20(16(22)23-15)10-19-7-3-4-13(21)9-19/h5-6,8,13,21H,3-4,7,9-10H2,1-2H3,(H,17,18)/t13-/m1/s1. The topological polar surface area (TPSA) is 53.3 Å². The molecular formula is C16H22N4OS2. The van der Waals surface area contributed by atoms with Gasteiger partial charge in [0, 0.05) is 18.8 Å². The zero-order chi connectivity index (χ0) is 16.4. The first-order valence-electron chi connectivity index (χ1n) is 7.84. The van der Waals surface area contributed by atoms with E-state index in [2.05, 4.69) is 47.4 Å². The number of aliphatic hydroxyl groups is 1. The lowest BCUT2D eigenvalue weighted by Gasteiger charge is -2.29. The van der Waals surface area contributed by atoms with E-state index in [0.717, 1.165) is 34.2 Å². The molecule has 1 aromatic carbocycles. The maximum atomic E-state index is 9.77. The summed E-state index contributed by atoms with van der Waals surface area (Å²) in [5.74, 6) is 0. The van der Waals surface area contributed by atoms with Gasteiger partial charge < -0.3 is 10.4 Å². The predicted octanol–water partition coefficient (Wildman–Crippen LogP) is 3.45. The van der Waals surface area contributed by atoms with Crippen LogP contribution in [-0.2, 0) is 6.67 Å². The number of nitrogens with one attached hydrogen (secondary N) is 1. The van der Waals surface area contributed by atoms with E-state index in [1.165, 1.54) is 22.5 Å². The molecule has 3 rings (SSSR count). The van der Waals surface area contributed by atoms with E-state index in [1.807, 2.05) is 4.68 Å². The maximum Gasteiger partial charge on any atom is 0.209 e. The van der Waals surface area contributed by atoms with Gasteiger partial charge in [0.05, 0.1) is 12.8 Å². The van der Waals surface area contributed by atoms with Crippen molar-refractivity contribution in [2.75, 3.05) is 18.4 Å². The molecule has 0 aliphatic carbocycles. The molecule has 0 bridgehead atoms. The summed E-state index contributed by atoms with van der Waals surface area (Å²) in [5.41, 5.74) is 3.49. The summed E-state index contributed by atoms with van der Waals surface area (Å²) in [7, 11) is 0. The van der Waals surface area contributed by atoms with Crippen molar-refractivity contribution in [3.8, 4) is 0 Å². The molecule has 7 heteroatoms. The number of hydrogen-bond donors (Lipinski definition) is 2. The maximum absolute atomic E-state index is 9.77. The number of aliphatic hydroxyl groups excluding tert-OH is 1. The molecule has 23 heavy (non-hydrogen) atoms. The Bertz CT molecular complexity index is 740. The second-order valence-electron chi connectivity index (χ2n) is 6.13. The van der Waals surface area contributed by atoms with Crippen LogP contribution >= 0.6 is 23.6 Å². The number of piperidine rings is 1. The highest BCUT2D eigenvalue weighted by atomic mass is 32.1. The Morgan fingerprint density at radius 2 is 2.26 bits per heavy atom. The Labute approximate surface area is 145 Å². The molecule has 124 valence electrons. The van der Waals surface area contributed by atoms with Crippen molar-refractivity contribution in [1.82, 2.24) is 14.7 Å². The van der Waals surface area contributed by atoms with Gasteiger partial charge in [-0.25, -0.2) is 4.68 Å². The molecule has 0 saturated carbocycles. The summed E-state index contributed by atoms with van der Waals surface area (Å²) >= 11 is 6.91. The monoisotopic (exact) mass is 350 g/mol. The predicted molar refractivity (Wildman–Crippen MR) is 97.0 cm³/mol. The Hall–Kier alpha value is -1.28. The molecule has 0 spiro atoms. The molecule has 1 saturated heterocycles. The average molecular weight is 351 g/mol. The van der Waals surface area contributed by atoms with Crippen LogP contribution in [-0.4, -0.2) is 39.0 Å². The number of hydrogen-bond acceptors (Lipinski definition) is 6. The summed E-state index contributed by atoms with van der Waals surface area (Å²) in [4.78, 5) is 2.20. The quantitative estimate of drug-likeness (QED) is 0.827. The third kappa shape index (κ3) is 4.17. The molecule has 0 amide bonds. The van der Waals surface area contributed by atoms with Gasteiger partial charge in [-0.05, 0) is 50.5 Å². The number of rotatable bonds is 4. The molecule has 1 aliphatic heterocycles. The molecule has 5 nitrogen and oxygen atoms in total. The molecule has 1 fully saturated rings. The largest absolute Gasteiger partial charge is 0.392 e. The van der Waals surface area contributed by atoms with Gasteiger partial charge in [-0.1, -0.05) is 29.0 Å². The smallest absolute Gasteiger partial charge is 0.209 e. The third-order valence-corrected chi connectivity index (χ3v) is 5.27. The van der Waals surface area contributed by atoms with Gasteiger partial charge in [0.2, 0.25) is 5.13 Å². The fourth-order valence-electron chi connectivity index (χ4n) is 2.86. The minimum Gasteiger partial charge on any atom is -0.392 e. The second kappa shape index (κ2) is 7.09. The van der Waals surface area contributed by atoms with Crippen LogP contribution in [0.2, 0.25) is 0 Å². The fraction of sp³-hybridized carbons (Fsp3) is 0.500. The van der Waals surface area contributed by atoms with Gasteiger partial charge in [0.15, 0.2) is 3.95 Å². The zero-order valence-electron chi connectivity index (χ0n) is 13.5. The highest BCUT2D eigenvalue weighted by Crippen LogP contribution is 2.24. The Kier molecular flexibility index (Phi) is 5.11. The molecule has 2 N–H and O–H groups in total. The summed E-state index contributed by atoms with van der Waals surface area (Å²) in [6, 6.07) is 6.30. The number of likely N-dealkylation sites (tertiary alicyclic amines) is 1. The lowest BCUT2D eigenvalue weighted by atomic mass is 10.1. The van der Waals surface area contributed by atoms with Gasteiger partial charge in [-0.3, -0.25) is 4.90 Å². The molecule has 0 radical (unpaired) electrons. The number of aryl methyl sites for hydroxylation is 2. The van der Waals surface area contributed by atoms with Crippen molar-refractivity contribution >= 4 is 34.4 Å². The van der Waals surface area contributed by atoms with Gasteiger partial charge in [0.25, 0.3) is 0 Å². The van der Waals surface area contributed by atoms with Gasteiger partial charge >= 0.3 is 0 Å². The fourth-order valence-corrected chi connectivity index (χ4v) is 3.87. The lowest BCUT2D eigenvalue weighted by molar-refractivity contribution is 0.0516. The van der Waals surface area contributed by atoms with E-state index in [1.54, 1.807) is 0 Å². The third-order valence-electron chi connectivity index (χ3n) is 4.04. The van der Waals surface area contributed by atoms with E-state index < -0.39 is 0 Å². The first kappa shape index (κ1) is 16.6. The Morgan fingerprint density at radius 1 is 1.43 bits per heavy atom. The van der Waals surface area contributed by atoms with E-state index in [-0.39, 0.29) is 6.10 Å². The number of β-amino-alcohol motifs (C(OH)–C–C–N with tert-alkyl or cyclic N) is 1. The van der Waals surface area contributed by atoms with Crippen LogP contribution in [0.4, 0.5) is 10.8 Å². The van der Waals surface area contributed by atoms with E-state index >= 15 is 0 Å². The first-order valence-corrected chi connectivity index (χ1v) is 9.06. The van der Waals surface area contributed by atoms with Crippen LogP contribution in [0, 0.1) is 17.8 Å². The van der Waals surface area contributed by atoms with Crippen LogP contribution in [0.25, 0.3) is 0 Å². The number of benzene rings is 1. The SMILES string of the molecule is Cc1ccc(Nc2nn(CN3CCC[C@@H](O)C3)c(=S)s2)c(C)c1. The molecular weight excluding hydrogens is 328 g/mol. The molecule has 1 atom stereocenters. The summed E-state index contributed by atoms with van der Waals surface area (Å²) in [5, 5.41) is 18.5. The van der Waals surface area contributed by atoms with Crippen LogP contribution in [0.5, 0.6) is 0 Å². The van der Waals surface area contributed by atoms with Crippen molar-refractivity contribution in [1.29, 1.82) is 0 Å². The Morgan fingerprint density at radius 3 is 3.00 bits per heavy atom. The van der Waals surface area contributed by atoms with Crippen LogP contribution in [0.3, 0.4) is 0 Å². The average Bonchev–Trinajstić information content (AvgIpc) is 2.82. The van der Waals surface area contributed by atoms with E-state index in [9.17, 15) is 5.11 Å². The van der Waals surface area contributed by atoms with Gasteiger partial charge in [0.1, 0.15) is 0 Å². The van der Waals surface area contributed by atoms with Crippen molar-refractivity contribution in [3.05, 3.63) is 33.3 Å². The normalized spacial score (nSPS) is 19.0. The summed E-state index contributed by atoms with van der Waals surface area (Å²) in [6.45, 7) is 6.49. The van der Waals surface area contributed by atoms with Crippen LogP contribution in [0.1, 0.15) is 24.0 Å². The van der Waals surface area contributed by atoms with Crippen molar-refractivity contribution in [3.63, 3.8) is 0 Å². The van der Waals surface area contributed by atoms with Crippen LogP contribution in [0.15, 0.2) is 18.2 Å². The van der Waals surface area contributed by atoms with Gasteiger partial charge in [-0.2, -0.15) is 0 Å². The van der Waals surface area contributed by atoms with Crippen molar-refractivity contribution < 1.29 is 5.11 Å². The molecule has 1 aliphatic rings. The minimum atomic E-state index is -0.232. The molecule has 2 heterocycles. The lowest BCUT2D eigenvalue weighted by Crippen LogP contribution is -2.39. The van der Waals surface area contributed by atoms with Crippen LogP contribution < -0.4 is 5.32 Å². The van der Waals surface area contributed by atoms with E-state index in [0.29, 0.717) is 13.2 Å². The minimum absolute atomic E-state index is 0.232. The summed E-state index contributed by atoms with van der Waals surface area (Å²) in [6.07, 6.45) is 1.68. The van der Waals surface area contributed by atoms with Crippen molar-refractivity contribution in [2.24, 2.45) is 0 Å². The number of aromatic nitrogens is 2. The highest BCUT2D eigenvalue weighted by molar-refractivity contribution is 7.73. The van der Waals surface area contributed by atoms with E-state index in [4.69, 9.17) is 12.2 Å². The Balaban J connectivity index is 1.71.